The maximum atomic E-state index is 13.4. The third-order valence-corrected chi connectivity index (χ3v) is 3.84. The molecule has 114 valence electrons. The third kappa shape index (κ3) is 2.26. The standard InChI is InChI=1S/C16H11FN4O2/c17-11-2-1-9-7-10-5-6-21(15(10)18-13(9)8-11)16(23)12-3-4-14(22)20-19-12/h1-4,7-8H,5-6H2,(H,20,22). The molecule has 0 saturated carbocycles. The Kier molecular flexibility index (Phi) is 2.94. The number of benzene rings is 1. The number of anilines is 1. The summed E-state index contributed by atoms with van der Waals surface area (Å²) >= 11 is 0. The summed E-state index contributed by atoms with van der Waals surface area (Å²) in [5, 5.41) is 6.83. The summed E-state index contributed by atoms with van der Waals surface area (Å²) in [4.78, 5) is 29.5. The van der Waals surface area contributed by atoms with E-state index in [1.54, 1.807) is 6.07 Å². The molecule has 3 aromatic rings. The maximum absolute atomic E-state index is 13.4. The van der Waals surface area contributed by atoms with Crippen LogP contribution in [0, 0.1) is 5.82 Å². The first kappa shape index (κ1) is 13.6. The maximum Gasteiger partial charge on any atom is 0.279 e. The molecule has 0 aliphatic carbocycles. The Morgan fingerprint density at radius 3 is 2.87 bits per heavy atom. The second-order valence-electron chi connectivity index (χ2n) is 5.32. The lowest BCUT2D eigenvalue weighted by molar-refractivity contribution is 0.0983. The molecule has 0 radical (unpaired) electrons. The highest BCUT2D eigenvalue weighted by atomic mass is 19.1. The van der Waals surface area contributed by atoms with E-state index >= 15 is 0 Å². The first-order valence-electron chi connectivity index (χ1n) is 7.08. The van der Waals surface area contributed by atoms with Crippen LogP contribution in [0.2, 0.25) is 0 Å². The van der Waals surface area contributed by atoms with E-state index in [0.717, 1.165) is 10.9 Å². The van der Waals surface area contributed by atoms with E-state index in [9.17, 15) is 14.0 Å². The number of fused-ring (bicyclic) bond motifs is 2. The van der Waals surface area contributed by atoms with E-state index in [-0.39, 0.29) is 23.0 Å². The number of carbonyl (C=O) groups excluding carboxylic acids is 1. The molecule has 0 unspecified atom stereocenters. The number of pyridine rings is 1. The number of halogens is 1. The average Bonchev–Trinajstić information content (AvgIpc) is 2.95. The normalized spacial score (nSPS) is 13.3. The lowest BCUT2D eigenvalue weighted by Crippen LogP contribution is -2.31. The van der Waals surface area contributed by atoms with Crippen molar-refractivity contribution in [2.24, 2.45) is 0 Å². The first-order chi connectivity index (χ1) is 11.1. The number of carbonyl (C=O) groups is 1. The van der Waals surface area contributed by atoms with Crippen molar-refractivity contribution in [1.29, 1.82) is 0 Å². The summed E-state index contributed by atoms with van der Waals surface area (Å²) in [7, 11) is 0. The van der Waals surface area contributed by atoms with Gasteiger partial charge in [0, 0.05) is 24.1 Å². The van der Waals surface area contributed by atoms with Gasteiger partial charge in [0.2, 0.25) is 0 Å². The fraction of sp³-hybridized carbons (Fsp3) is 0.125. The largest absolute Gasteiger partial charge is 0.291 e. The molecule has 6 nitrogen and oxygen atoms in total. The number of hydrogen-bond acceptors (Lipinski definition) is 4. The molecule has 0 saturated heterocycles. The van der Waals surface area contributed by atoms with Crippen LogP contribution in [0.4, 0.5) is 10.2 Å². The summed E-state index contributed by atoms with van der Waals surface area (Å²) in [6, 6.07) is 8.95. The molecule has 23 heavy (non-hydrogen) atoms. The minimum Gasteiger partial charge on any atom is -0.291 e. The van der Waals surface area contributed by atoms with Crippen LogP contribution in [0.3, 0.4) is 0 Å². The number of nitrogens with one attached hydrogen (secondary N) is 1. The molecule has 1 aromatic carbocycles. The monoisotopic (exact) mass is 310 g/mol. The smallest absolute Gasteiger partial charge is 0.279 e. The lowest BCUT2D eigenvalue weighted by Gasteiger charge is -2.15. The molecule has 1 aliphatic rings. The molecule has 1 aliphatic heterocycles. The second-order valence-corrected chi connectivity index (χ2v) is 5.32. The van der Waals surface area contributed by atoms with Crippen molar-refractivity contribution < 1.29 is 9.18 Å². The van der Waals surface area contributed by atoms with Gasteiger partial charge < -0.3 is 0 Å². The molecule has 2 aromatic heterocycles. The molecule has 0 fully saturated rings. The summed E-state index contributed by atoms with van der Waals surface area (Å²) in [6.07, 6.45) is 0.671. The van der Waals surface area contributed by atoms with Crippen LogP contribution < -0.4 is 10.5 Å². The summed E-state index contributed by atoms with van der Waals surface area (Å²) < 4.78 is 13.4. The Morgan fingerprint density at radius 2 is 2.09 bits per heavy atom. The number of aromatic nitrogens is 3. The Hall–Kier alpha value is -3.09. The minimum atomic E-state index is -0.372. The average molecular weight is 310 g/mol. The van der Waals surface area contributed by atoms with Gasteiger partial charge in [0.15, 0.2) is 0 Å². The van der Waals surface area contributed by atoms with Crippen LogP contribution in [0.15, 0.2) is 41.2 Å². The topological polar surface area (TPSA) is 79.0 Å². The minimum absolute atomic E-state index is 0.138. The molecule has 0 spiro atoms. The van der Waals surface area contributed by atoms with Crippen molar-refractivity contribution in [1.82, 2.24) is 15.2 Å². The zero-order valence-corrected chi connectivity index (χ0v) is 11.9. The Labute approximate surface area is 129 Å². The predicted octanol–water partition coefficient (Wildman–Crippen LogP) is 1.66. The quantitative estimate of drug-likeness (QED) is 0.741. The van der Waals surface area contributed by atoms with E-state index in [4.69, 9.17) is 0 Å². The van der Waals surface area contributed by atoms with Gasteiger partial charge in [-0.3, -0.25) is 14.5 Å². The summed E-state index contributed by atoms with van der Waals surface area (Å²) in [5.74, 6) is -0.201. The van der Waals surface area contributed by atoms with E-state index in [1.165, 1.54) is 29.2 Å². The van der Waals surface area contributed by atoms with Crippen LogP contribution in [0.5, 0.6) is 0 Å². The first-order valence-corrected chi connectivity index (χ1v) is 7.08. The van der Waals surface area contributed by atoms with Crippen LogP contribution in [0.1, 0.15) is 16.1 Å². The molecule has 1 N–H and O–H groups in total. The Balaban J connectivity index is 1.78. The van der Waals surface area contributed by atoms with Gasteiger partial charge in [-0.2, -0.15) is 5.10 Å². The third-order valence-electron chi connectivity index (χ3n) is 3.84. The molecule has 1 amide bonds. The van der Waals surface area contributed by atoms with Crippen LogP contribution in [-0.4, -0.2) is 27.6 Å². The zero-order chi connectivity index (χ0) is 16.0. The van der Waals surface area contributed by atoms with Crippen molar-refractivity contribution in [3.05, 3.63) is 63.8 Å². The number of amides is 1. The lowest BCUT2D eigenvalue weighted by atomic mass is 10.1. The summed E-state index contributed by atoms with van der Waals surface area (Å²) in [5.41, 5.74) is 1.20. The summed E-state index contributed by atoms with van der Waals surface area (Å²) in [6.45, 7) is 0.473. The SMILES string of the molecule is O=C(c1ccc(=O)[nH]n1)N1CCc2cc3ccc(F)cc3nc21. The fourth-order valence-electron chi connectivity index (χ4n) is 2.73. The number of nitrogens with zero attached hydrogens (tertiary/aromatic N) is 3. The molecule has 0 atom stereocenters. The second kappa shape index (κ2) is 4.98. The molecule has 7 heteroatoms. The van der Waals surface area contributed by atoms with E-state index in [1.807, 2.05) is 6.07 Å². The molecule has 3 heterocycles. The number of rotatable bonds is 1. The predicted molar refractivity (Wildman–Crippen MR) is 81.9 cm³/mol. The van der Waals surface area contributed by atoms with Crippen LogP contribution in [0.25, 0.3) is 10.9 Å². The fourth-order valence-corrected chi connectivity index (χ4v) is 2.73. The highest BCUT2D eigenvalue weighted by Crippen LogP contribution is 2.30. The number of hydrogen-bond donors (Lipinski definition) is 1. The highest BCUT2D eigenvalue weighted by Gasteiger charge is 2.28. The van der Waals surface area contributed by atoms with Crippen molar-refractivity contribution in [2.45, 2.75) is 6.42 Å². The molecular formula is C16H11FN4O2. The van der Waals surface area contributed by atoms with Crippen molar-refractivity contribution in [3.63, 3.8) is 0 Å². The van der Waals surface area contributed by atoms with Gasteiger partial charge in [-0.25, -0.2) is 14.5 Å². The van der Waals surface area contributed by atoms with Crippen molar-refractivity contribution in [2.75, 3.05) is 11.4 Å². The Morgan fingerprint density at radius 1 is 1.22 bits per heavy atom. The van der Waals surface area contributed by atoms with E-state index < -0.39 is 0 Å². The van der Waals surface area contributed by atoms with Gasteiger partial charge >= 0.3 is 0 Å². The van der Waals surface area contributed by atoms with Gasteiger partial charge in [-0.05, 0) is 36.2 Å². The van der Waals surface area contributed by atoms with Crippen molar-refractivity contribution >= 4 is 22.6 Å². The highest BCUT2D eigenvalue weighted by molar-refractivity contribution is 6.06. The van der Waals surface area contributed by atoms with Crippen LogP contribution >= 0.6 is 0 Å². The zero-order valence-electron chi connectivity index (χ0n) is 11.9. The van der Waals surface area contributed by atoms with Gasteiger partial charge in [-0.1, -0.05) is 0 Å². The number of aromatic amines is 1. The van der Waals surface area contributed by atoms with Gasteiger partial charge in [0.1, 0.15) is 17.3 Å². The van der Waals surface area contributed by atoms with E-state index in [2.05, 4.69) is 15.2 Å². The number of H-pyrrole nitrogens is 1. The van der Waals surface area contributed by atoms with Gasteiger partial charge in [0.25, 0.3) is 11.5 Å². The van der Waals surface area contributed by atoms with Crippen LogP contribution in [-0.2, 0) is 6.42 Å². The Bertz CT molecular complexity index is 979. The van der Waals surface area contributed by atoms with Gasteiger partial charge in [0.05, 0.1) is 5.52 Å². The molecule has 4 rings (SSSR count). The van der Waals surface area contributed by atoms with E-state index in [0.29, 0.717) is 24.3 Å². The van der Waals surface area contributed by atoms with Crippen molar-refractivity contribution in [3.8, 4) is 0 Å². The van der Waals surface area contributed by atoms with Gasteiger partial charge in [-0.15, -0.1) is 0 Å². The molecular weight excluding hydrogens is 299 g/mol. The molecule has 0 bridgehead atoms.